The highest BCUT2D eigenvalue weighted by Crippen LogP contribution is 2.38. The number of halogens is 1. The minimum atomic E-state index is -1.04. The molecule has 140 valence electrons. The number of nitrogens with one attached hydrogen (secondary N) is 1. The number of hydrogen-bond donors (Lipinski definition) is 1. The summed E-state index contributed by atoms with van der Waals surface area (Å²) in [4.78, 5) is 24.2. The standard InChI is InChI=1S/C18H21ClN2O5/c1-11(2)18(3,10-20)21-15(22)9-26-17(23)12-7-13(19)16-14(8-12)24-5-4-6-25-16/h7-8,11H,4-6,9H2,1-3H3,(H,21,22)/t18-/m0/s1. The monoisotopic (exact) mass is 380 g/mol. The van der Waals surface area contributed by atoms with Crippen LogP contribution in [0.15, 0.2) is 12.1 Å². The molecule has 0 fully saturated rings. The van der Waals surface area contributed by atoms with Gasteiger partial charge in [-0.15, -0.1) is 0 Å². The Morgan fingerprint density at radius 2 is 2.08 bits per heavy atom. The number of benzene rings is 1. The van der Waals surface area contributed by atoms with E-state index in [2.05, 4.69) is 11.4 Å². The van der Waals surface area contributed by atoms with Gasteiger partial charge in [-0.1, -0.05) is 25.4 Å². The molecule has 0 aromatic heterocycles. The first-order valence-electron chi connectivity index (χ1n) is 8.25. The van der Waals surface area contributed by atoms with Crippen LogP contribution in [0.3, 0.4) is 0 Å². The zero-order valence-electron chi connectivity index (χ0n) is 14.9. The number of carbonyl (C=O) groups excluding carboxylic acids is 2. The van der Waals surface area contributed by atoms with Crippen LogP contribution in [0.1, 0.15) is 37.6 Å². The predicted octanol–water partition coefficient (Wildman–Crippen LogP) is 2.71. The molecule has 0 spiro atoms. The van der Waals surface area contributed by atoms with Crippen molar-refractivity contribution in [2.24, 2.45) is 5.92 Å². The molecule has 8 heteroatoms. The average Bonchev–Trinajstić information content (AvgIpc) is 2.85. The van der Waals surface area contributed by atoms with Gasteiger partial charge in [-0.2, -0.15) is 5.26 Å². The third-order valence-corrected chi connectivity index (χ3v) is 4.44. The van der Waals surface area contributed by atoms with Gasteiger partial charge in [-0.05, 0) is 25.0 Å². The molecule has 1 aliphatic heterocycles. The molecule has 1 heterocycles. The van der Waals surface area contributed by atoms with E-state index in [9.17, 15) is 14.9 Å². The van der Waals surface area contributed by atoms with Crippen molar-refractivity contribution >= 4 is 23.5 Å². The minimum absolute atomic E-state index is 0.104. The number of nitriles is 1. The molecule has 0 bridgehead atoms. The summed E-state index contributed by atoms with van der Waals surface area (Å²) in [6.45, 7) is 5.66. The van der Waals surface area contributed by atoms with Crippen LogP contribution in [0, 0.1) is 17.2 Å². The number of hydrogen-bond acceptors (Lipinski definition) is 6. The van der Waals surface area contributed by atoms with Crippen LogP contribution in [-0.4, -0.2) is 37.2 Å². The second-order valence-electron chi connectivity index (χ2n) is 6.43. The third kappa shape index (κ3) is 4.58. The van der Waals surface area contributed by atoms with E-state index < -0.39 is 24.0 Å². The van der Waals surface area contributed by atoms with Crippen molar-refractivity contribution in [3.8, 4) is 17.6 Å². The van der Waals surface area contributed by atoms with Crippen LogP contribution < -0.4 is 14.8 Å². The summed E-state index contributed by atoms with van der Waals surface area (Å²) >= 11 is 6.14. The number of nitrogens with zero attached hydrogens (tertiary/aromatic N) is 1. The minimum Gasteiger partial charge on any atom is -0.489 e. The normalized spacial score (nSPS) is 15.4. The highest BCUT2D eigenvalue weighted by Gasteiger charge is 2.30. The number of ether oxygens (including phenoxy) is 3. The Morgan fingerprint density at radius 1 is 1.38 bits per heavy atom. The first-order chi connectivity index (χ1) is 12.3. The van der Waals surface area contributed by atoms with Gasteiger partial charge in [0.2, 0.25) is 0 Å². The van der Waals surface area contributed by atoms with Crippen molar-refractivity contribution in [2.75, 3.05) is 19.8 Å². The van der Waals surface area contributed by atoms with Gasteiger partial charge in [-0.25, -0.2) is 4.79 Å². The van der Waals surface area contributed by atoms with Crippen LogP contribution in [0.5, 0.6) is 11.5 Å². The molecule has 1 aromatic rings. The molecule has 0 aliphatic carbocycles. The molecule has 0 saturated heterocycles. The van der Waals surface area contributed by atoms with Crippen molar-refractivity contribution < 1.29 is 23.8 Å². The maximum atomic E-state index is 12.2. The Kier molecular flexibility index (Phi) is 6.32. The largest absolute Gasteiger partial charge is 0.489 e. The Bertz CT molecular complexity index is 744. The van der Waals surface area contributed by atoms with Gasteiger partial charge < -0.3 is 19.5 Å². The molecule has 0 radical (unpaired) electrons. The summed E-state index contributed by atoms with van der Waals surface area (Å²) in [7, 11) is 0. The number of fused-ring (bicyclic) bond motifs is 1. The van der Waals surface area contributed by atoms with E-state index in [4.69, 9.17) is 25.8 Å². The van der Waals surface area contributed by atoms with Crippen LogP contribution in [0.4, 0.5) is 0 Å². The molecule has 1 amide bonds. The second-order valence-corrected chi connectivity index (χ2v) is 6.84. The molecule has 1 atom stereocenters. The smallest absolute Gasteiger partial charge is 0.338 e. The quantitative estimate of drug-likeness (QED) is 0.789. The molecule has 1 aliphatic rings. The van der Waals surface area contributed by atoms with Crippen LogP contribution in [0.2, 0.25) is 5.02 Å². The van der Waals surface area contributed by atoms with E-state index in [-0.39, 0.29) is 16.5 Å². The van der Waals surface area contributed by atoms with E-state index >= 15 is 0 Å². The third-order valence-electron chi connectivity index (χ3n) is 4.16. The summed E-state index contributed by atoms with van der Waals surface area (Å²) in [5, 5.41) is 12.0. The molecule has 1 N–H and O–H groups in total. The van der Waals surface area contributed by atoms with Gasteiger partial charge >= 0.3 is 5.97 Å². The van der Waals surface area contributed by atoms with E-state index in [0.717, 1.165) is 0 Å². The van der Waals surface area contributed by atoms with E-state index in [0.29, 0.717) is 31.1 Å². The lowest BCUT2D eigenvalue weighted by Gasteiger charge is -2.27. The average molecular weight is 381 g/mol. The van der Waals surface area contributed by atoms with Crippen LogP contribution in [-0.2, 0) is 9.53 Å². The SMILES string of the molecule is CC(C)[C@](C)(C#N)NC(=O)COC(=O)c1cc(Cl)c2c(c1)OCCCO2. The first-order valence-corrected chi connectivity index (χ1v) is 8.63. The number of rotatable bonds is 5. The zero-order valence-corrected chi connectivity index (χ0v) is 15.7. The summed E-state index contributed by atoms with van der Waals surface area (Å²) in [5.74, 6) is -0.631. The summed E-state index contributed by atoms with van der Waals surface area (Å²) in [5.41, 5.74) is -0.888. The zero-order chi connectivity index (χ0) is 19.3. The van der Waals surface area contributed by atoms with Gasteiger partial charge in [0, 0.05) is 6.42 Å². The van der Waals surface area contributed by atoms with Crippen molar-refractivity contribution in [1.29, 1.82) is 5.26 Å². The van der Waals surface area contributed by atoms with Gasteiger partial charge in [0.05, 0.1) is 29.9 Å². The Labute approximate surface area is 157 Å². The molecule has 26 heavy (non-hydrogen) atoms. The highest BCUT2D eigenvalue weighted by molar-refractivity contribution is 6.32. The van der Waals surface area contributed by atoms with Gasteiger partial charge in [0.15, 0.2) is 18.1 Å². The molecular formula is C18H21ClN2O5. The predicted molar refractivity (Wildman–Crippen MR) is 94.3 cm³/mol. The Hall–Kier alpha value is -2.46. The Morgan fingerprint density at radius 3 is 2.73 bits per heavy atom. The highest BCUT2D eigenvalue weighted by atomic mass is 35.5. The van der Waals surface area contributed by atoms with Crippen LogP contribution in [0.25, 0.3) is 0 Å². The van der Waals surface area contributed by atoms with Crippen molar-refractivity contribution in [2.45, 2.75) is 32.7 Å². The van der Waals surface area contributed by atoms with E-state index in [1.54, 1.807) is 6.92 Å². The Balaban J connectivity index is 2.02. The molecule has 1 aromatic carbocycles. The van der Waals surface area contributed by atoms with E-state index in [1.165, 1.54) is 12.1 Å². The maximum absolute atomic E-state index is 12.2. The van der Waals surface area contributed by atoms with Crippen molar-refractivity contribution in [1.82, 2.24) is 5.32 Å². The summed E-state index contributed by atoms with van der Waals surface area (Å²) < 4.78 is 16.0. The lowest BCUT2D eigenvalue weighted by Crippen LogP contribution is -2.50. The van der Waals surface area contributed by atoms with Gasteiger partial charge in [-0.3, -0.25) is 4.79 Å². The van der Waals surface area contributed by atoms with Crippen LogP contribution >= 0.6 is 11.6 Å². The topological polar surface area (TPSA) is 97.7 Å². The molecule has 7 nitrogen and oxygen atoms in total. The fourth-order valence-electron chi connectivity index (χ4n) is 2.19. The fraction of sp³-hybridized carbons (Fsp3) is 0.500. The lowest BCUT2D eigenvalue weighted by molar-refractivity contribution is -0.125. The van der Waals surface area contributed by atoms with Gasteiger partial charge in [0.1, 0.15) is 5.54 Å². The molecule has 0 unspecified atom stereocenters. The second kappa shape index (κ2) is 8.28. The summed E-state index contributed by atoms with van der Waals surface area (Å²) in [6.07, 6.45) is 0.707. The molecular weight excluding hydrogens is 360 g/mol. The molecule has 0 saturated carbocycles. The number of amides is 1. The lowest BCUT2D eigenvalue weighted by atomic mass is 9.90. The number of esters is 1. The molecule has 2 rings (SSSR count). The summed E-state index contributed by atoms with van der Waals surface area (Å²) in [6, 6.07) is 4.93. The van der Waals surface area contributed by atoms with E-state index in [1.807, 2.05) is 13.8 Å². The maximum Gasteiger partial charge on any atom is 0.338 e. The van der Waals surface area contributed by atoms with Crippen molar-refractivity contribution in [3.05, 3.63) is 22.7 Å². The fourth-order valence-corrected chi connectivity index (χ4v) is 2.46. The van der Waals surface area contributed by atoms with Gasteiger partial charge in [0.25, 0.3) is 5.91 Å². The number of carbonyl (C=O) groups is 2. The first kappa shape index (κ1) is 19.9. The van der Waals surface area contributed by atoms with Crippen molar-refractivity contribution in [3.63, 3.8) is 0 Å².